The predicted octanol–water partition coefficient (Wildman–Crippen LogP) is 3.67. The van der Waals surface area contributed by atoms with Crippen LogP contribution >= 0.6 is 11.8 Å². The van der Waals surface area contributed by atoms with Gasteiger partial charge in [0.2, 0.25) is 5.91 Å². The number of thioether (sulfide) groups is 1. The van der Waals surface area contributed by atoms with Crippen LogP contribution < -0.4 is 14.8 Å². The first-order chi connectivity index (χ1) is 11.1. The Morgan fingerprint density at radius 3 is 2.65 bits per heavy atom. The largest absolute Gasteiger partial charge is 0.493 e. The van der Waals surface area contributed by atoms with Gasteiger partial charge in [0.05, 0.1) is 19.5 Å². The Hall–Kier alpha value is -2.14. The molecule has 2 aromatic rings. The molecule has 3 rings (SSSR count). The van der Waals surface area contributed by atoms with E-state index in [1.165, 1.54) is 16.0 Å². The highest BCUT2D eigenvalue weighted by Gasteiger charge is 2.28. The third-order valence-electron chi connectivity index (χ3n) is 3.84. The molecule has 0 radical (unpaired) electrons. The number of hydrogen-bond donors (Lipinski definition) is 1. The van der Waals surface area contributed by atoms with Gasteiger partial charge in [-0.25, -0.2) is 0 Å². The molecule has 0 saturated carbocycles. The minimum Gasteiger partial charge on any atom is -0.493 e. The maximum absolute atomic E-state index is 12.5. The first-order valence-electron chi connectivity index (χ1n) is 7.40. The van der Waals surface area contributed by atoms with Crippen LogP contribution in [-0.2, 0) is 11.2 Å². The third-order valence-corrected chi connectivity index (χ3v) is 5.14. The summed E-state index contributed by atoms with van der Waals surface area (Å²) in [5.41, 5.74) is 3.17. The summed E-state index contributed by atoms with van der Waals surface area (Å²) >= 11 is 1.63. The molecule has 1 atom stereocenters. The Morgan fingerprint density at radius 1 is 1.13 bits per heavy atom. The zero-order valence-corrected chi connectivity index (χ0v) is 14.2. The van der Waals surface area contributed by atoms with Crippen LogP contribution in [0, 0.1) is 6.92 Å². The SMILES string of the molecule is COc1ccc(NC(=O)[C@H]2Cc3ccc(C)cc3S2)cc1OC. The first kappa shape index (κ1) is 15.7. The van der Waals surface area contributed by atoms with E-state index in [9.17, 15) is 4.79 Å². The summed E-state index contributed by atoms with van der Waals surface area (Å²) < 4.78 is 10.5. The van der Waals surface area contributed by atoms with Crippen molar-refractivity contribution >= 4 is 23.4 Å². The lowest BCUT2D eigenvalue weighted by atomic mass is 10.1. The molecule has 0 spiro atoms. The molecule has 2 aromatic carbocycles. The lowest BCUT2D eigenvalue weighted by Crippen LogP contribution is -2.24. The number of aryl methyl sites for hydroxylation is 1. The molecule has 0 bridgehead atoms. The van der Waals surface area contributed by atoms with E-state index >= 15 is 0 Å². The number of carbonyl (C=O) groups is 1. The molecule has 0 aromatic heterocycles. The summed E-state index contributed by atoms with van der Waals surface area (Å²) in [4.78, 5) is 13.7. The van der Waals surface area contributed by atoms with Crippen molar-refractivity contribution in [3.8, 4) is 11.5 Å². The number of fused-ring (bicyclic) bond motifs is 1. The van der Waals surface area contributed by atoms with Gasteiger partial charge in [-0.15, -0.1) is 11.8 Å². The van der Waals surface area contributed by atoms with Crippen molar-refractivity contribution < 1.29 is 14.3 Å². The number of methoxy groups -OCH3 is 2. The van der Waals surface area contributed by atoms with Crippen molar-refractivity contribution in [3.05, 3.63) is 47.5 Å². The van der Waals surface area contributed by atoms with E-state index in [4.69, 9.17) is 9.47 Å². The van der Waals surface area contributed by atoms with Crippen molar-refractivity contribution in [3.63, 3.8) is 0 Å². The van der Waals surface area contributed by atoms with Crippen LogP contribution in [0.2, 0.25) is 0 Å². The molecule has 4 nitrogen and oxygen atoms in total. The highest BCUT2D eigenvalue weighted by molar-refractivity contribution is 8.01. The van der Waals surface area contributed by atoms with Crippen molar-refractivity contribution in [2.45, 2.75) is 23.5 Å². The van der Waals surface area contributed by atoms with Gasteiger partial charge in [-0.1, -0.05) is 17.7 Å². The summed E-state index contributed by atoms with van der Waals surface area (Å²) in [7, 11) is 3.17. The minimum atomic E-state index is -0.0973. The zero-order valence-electron chi connectivity index (χ0n) is 13.4. The van der Waals surface area contributed by atoms with E-state index in [2.05, 4.69) is 30.4 Å². The van der Waals surface area contributed by atoms with Gasteiger partial charge in [-0.3, -0.25) is 4.79 Å². The van der Waals surface area contributed by atoms with Crippen LogP contribution in [0.4, 0.5) is 5.69 Å². The number of anilines is 1. The number of amides is 1. The van der Waals surface area contributed by atoms with E-state index < -0.39 is 0 Å². The summed E-state index contributed by atoms with van der Waals surface area (Å²) in [5.74, 6) is 1.25. The van der Waals surface area contributed by atoms with Gasteiger partial charge in [0.15, 0.2) is 11.5 Å². The summed E-state index contributed by atoms with van der Waals surface area (Å²) in [5, 5.41) is 2.87. The fourth-order valence-corrected chi connectivity index (χ4v) is 3.91. The van der Waals surface area contributed by atoms with E-state index in [0.29, 0.717) is 17.2 Å². The van der Waals surface area contributed by atoms with Crippen LogP contribution in [0.25, 0.3) is 0 Å². The highest BCUT2D eigenvalue weighted by atomic mass is 32.2. The molecule has 1 heterocycles. The van der Waals surface area contributed by atoms with Gasteiger partial charge in [-0.05, 0) is 37.1 Å². The molecule has 1 N–H and O–H groups in total. The van der Waals surface area contributed by atoms with Crippen LogP contribution in [0.1, 0.15) is 11.1 Å². The highest BCUT2D eigenvalue weighted by Crippen LogP contribution is 2.38. The number of benzene rings is 2. The molecule has 1 amide bonds. The smallest absolute Gasteiger partial charge is 0.238 e. The lowest BCUT2D eigenvalue weighted by Gasteiger charge is -2.12. The number of hydrogen-bond acceptors (Lipinski definition) is 4. The molecule has 0 aliphatic carbocycles. The minimum absolute atomic E-state index is 0.0103. The Kier molecular flexibility index (Phi) is 4.48. The second-order valence-corrected chi connectivity index (χ2v) is 6.73. The molecule has 0 unspecified atom stereocenters. The summed E-state index contributed by atoms with van der Waals surface area (Å²) in [6.45, 7) is 2.07. The number of ether oxygens (including phenoxy) is 2. The molecule has 1 aliphatic rings. The Bertz CT molecular complexity index is 745. The lowest BCUT2D eigenvalue weighted by molar-refractivity contribution is -0.115. The molecule has 120 valence electrons. The van der Waals surface area contributed by atoms with Gasteiger partial charge < -0.3 is 14.8 Å². The van der Waals surface area contributed by atoms with Gasteiger partial charge in [0.1, 0.15) is 0 Å². The maximum Gasteiger partial charge on any atom is 0.238 e. The van der Waals surface area contributed by atoms with Crippen molar-refractivity contribution in [1.82, 2.24) is 0 Å². The normalized spacial score (nSPS) is 15.9. The quantitative estimate of drug-likeness (QED) is 0.930. The second-order valence-electron chi connectivity index (χ2n) is 5.48. The van der Waals surface area contributed by atoms with Crippen LogP contribution in [0.3, 0.4) is 0 Å². The Morgan fingerprint density at radius 2 is 1.91 bits per heavy atom. The zero-order chi connectivity index (χ0) is 16.4. The fourth-order valence-electron chi connectivity index (χ4n) is 2.62. The van der Waals surface area contributed by atoms with Crippen LogP contribution in [0.5, 0.6) is 11.5 Å². The van der Waals surface area contributed by atoms with Gasteiger partial charge in [0.25, 0.3) is 0 Å². The molecular formula is C18H19NO3S. The van der Waals surface area contributed by atoms with E-state index in [1.807, 2.05) is 6.07 Å². The second kappa shape index (κ2) is 6.54. The molecule has 23 heavy (non-hydrogen) atoms. The monoisotopic (exact) mass is 329 g/mol. The topological polar surface area (TPSA) is 47.6 Å². The maximum atomic E-state index is 12.5. The molecule has 0 fully saturated rings. The third kappa shape index (κ3) is 3.29. The van der Waals surface area contributed by atoms with Crippen molar-refractivity contribution in [2.24, 2.45) is 0 Å². The molecule has 0 saturated heterocycles. The summed E-state index contributed by atoms with van der Waals surface area (Å²) in [6.07, 6.45) is 0.763. The average Bonchev–Trinajstić information content (AvgIpc) is 2.97. The van der Waals surface area contributed by atoms with Gasteiger partial charge >= 0.3 is 0 Å². The molecule has 1 aliphatic heterocycles. The van der Waals surface area contributed by atoms with Crippen LogP contribution in [-0.4, -0.2) is 25.4 Å². The predicted molar refractivity (Wildman–Crippen MR) is 92.7 cm³/mol. The van der Waals surface area contributed by atoms with E-state index in [-0.39, 0.29) is 11.2 Å². The first-order valence-corrected chi connectivity index (χ1v) is 8.27. The van der Waals surface area contributed by atoms with Crippen molar-refractivity contribution in [1.29, 1.82) is 0 Å². The number of nitrogens with one attached hydrogen (secondary N) is 1. The Balaban J connectivity index is 1.71. The fraction of sp³-hybridized carbons (Fsp3) is 0.278. The van der Waals surface area contributed by atoms with Crippen LogP contribution in [0.15, 0.2) is 41.3 Å². The Labute approximate surface area is 140 Å². The standard InChI is InChI=1S/C18H19NO3S/c1-11-4-5-12-9-17(23-16(12)8-11)18(20)19-13-6-7-14(21-2)15(10-13)22-3/h4-8,10,17H,9H2,1-3H3,(H,19,20)/t17-/m1/s1. The number of rotatable bonds is 4. The number of carbonyl (C=O) groups excluding carboxylic acids is 1. The van der Waals surface area contributed by atoms with Gasteiger partial charge in [-0.2, -0.15) is 0 Å². The average molecular weight is 329 g/mol. The molecular weight excluding hydrogens is 310 g/mol. The summed E-state index contributed by atoms with van der Waals surface area (Å²) in [6, 6.07) is 11.7. The van der Waals surface area contributed by atoms with E-state index in [1.54, 1.807) is 38.1 Å². The van der Waals surface area contributed by atoms with E-state index in [0.717, 1.165) is 6.42 Å². The molecule has 5 heteroatoms. The van der Waals surface area contributed by atoms with Crippen molar-refractivity contribution in [2.75, 3.05) is 19.5 Å². The van der Waals surface area contributed by atoms with Gasteiger partial charge in [0, 0.05) is 16.6 Å².